The fraction of sp³-hybridized carbons (Fsp3) is 0. The summed E-state index contributed by atoms with van der Waals surface area (Å²) in [5.74, 6) is 1.40. The molecule has 0 saturated carbocycles. The van der Waals surface area contributed by atoms with Crippen LogP contribution in [0.4, 0.5) is 0 Å². The minimum atomic E-state index is 0.673. The van der Waals surface area contributed by atoms with Crippen LogP contribution in [0.3, 0.4) is 0 Å². The van der Waals surface area contributed by atoms with E-state index in [0.717, 1.165) is 27.2 Å². The summed E-state index contributed by atoms with van der Waals surface area (Å²) < 4.78 is 2.86. The summed E-state index contributed by atoms with van der Waals surface area (Å²) in [5, 5.41) is 4.71. The predicted octanol–water partition coefficient (Wildman–Crippen LogP) is 4.76. The van der Waals surface area contributed by atoms with Gasteiger partial charge in [0.1, 0.15) is 5.69 Å². The van der Waals surface area contributed by atoms with Crippen LogP contribution < -0.4 is 0 Å². The minimum Gasteiger partial charge on any atom is -0.253 e. The molecule has 2 aromatic heterocycles. The molecule has 5 heteroatoms. The molecule has 0 saturated heterocycles. The van der Waals surface area contributed by atoms with Gasteiger partial charge in [-0.2, -0.15) is 0 Å². The second-order valence-corrected chi connectivity index (χ2v) is 6.14. The Balaban J connectivity index is 1.89. The van der Waals surface area contributed by atoms with Gasteiger partial charge in [-0.25, -0.2) is 9.67 Å². The molecule has 24 heavy (non-hydrogen) atoms. The van der Waals surface area contributed by atoms with Gasteiger partial charge in [0.2, 0.25) is 0 Å². The molecule has 0 unspecified atom stereocenters. The van der Waals surface area contributed by atoms with E-state index in [1.54, 1.807) is 6.20 Å². The van der Waals surface area contributed by atoms with E-state index in [1.165, 1.54) is 0 Å². The Morgan fingerprint density at radius 3 is 2.25 bits per heavy atom. The third-order valence-electron chi connectivity index (χ3n) is 3.60. The van der Waals surface area contributed by atoms with Gasteiger partial charge in [0.25, 0.3) is 0 Å². The van der Waals surface area contributed by atoms with Crippen molar-refractivity contribution in [3.63, 3.8) is 0 Å². The van der Waals surface area contributed by atoms with Crippen molar-refractivity contribution in [3.05, 3.63) is 83.5 Å². The summed E-state index contributed by atoms with van der Waals surface area (Å²) >= 11 is 3.46. The molecule has 2 aromatic carbocycles. The lowest BCUT2D eigenvalue weighted by molar-refractivity contribution is 0.886. The van der Waals surface area contributed by atoms with Crippen molar-refractivity contribution in [2.45, 2.75) is 0 Å². The molecule has 0 fully saturated rings. The van der Waals surface area contributed by atoms with Crippen LogP contribution in [-0.4, -0.2) is 19.7 Å². The Bertz CT molecular complexity index is 891. The highest BCUT2D eigenvalue weighted by molar-refractivity contribution is 9.10. The Hall–Kier alpha value is -2.79. The lowest BCUT2D eigenvalue weighted by Crippen LogP contribution is -2.00. The second kappa shape index (κ2) is 6.37. The highest BCUT2D eigenvalue weighted by Crippen LogP contribution is 2.25. The zero-order valence-corrected chi connectivity index (χ0v) is 14.3. The largest absolute Gasteiger partial charge is 0.253 e. The smallest absolute Gasteiger partial charge is 0.182 e. The van der Waals surface area contributed by atoms with Crippen molar-refractivity contribution in [1.29, 1.82) is 0 Å². The molecular formula is C19H13BrN4. The molecule has 0 atom stereocenters. The molecule has 2 heterocycles. The lowest BCUT2D eigenvalue weighted by Gasteiger charge is -2.04. The Morgan fingerprint density at radius 1 is 0.792 bits per heavy atom. The average Bonchev–Trinajstić information content (AvgIpc) is 3.09. The standard InChI is InChI=1S/C19H13BrN4/c20-15-11-9-14(10-12-15)18-22-19(17-8-4-5-13-21-17)24(23-18)16-6-2-1-3-7-16/h1-13H. The molecule has 0 N–H and O–H groups in total. The van der Waals surface area contributed by atoms with Crippen LogP contribution in [0.2, 0.25) is 0 Å². The van der Waals surface area contributed by atoms with E-state index in [2.05, 4.69) is 20.9 Å². The average molecular weight is 377 g/mol. The molecule has 0 aliphatic carbocycles. The topological polar surface area (TPSA) is 43.6 Å². The van der Waals surface area contributed by atoms with Crippen LogP contribution in [0.25, 0.3) is 28.6 Å². The van der Waals surface area contributed by atoms with Crippen LogP contribution in [0.15, 0.2) is 83.5 Å². The Kier molecular flexibility index (Phi) is 3.92. The third-order valence-corrected chi connectivity index (χ3v) is 4.13. The second-order valence-electron chi connectivity index (χ2n) is 5.23. The van der Waals surface area contributed by atoms with E-state index < -0.39 is 0 Å². The SMILES string of the molecule is Brc1ccc(-c2nc(-c3ccccn3)n(-c3ccccc3)n2)cc1. The number of benzene rings is 2. The normalized spacial score (nSPS) is 10.7. The minimum absolute atomic E-state index is 0.673. The van der Waals surface area contributed by atoms with Gasteiger partial charge in [0, 0.05) is 16.2 Å². The molecule has 0 amide bonds. The van der Waals surface area contributed by atoms with Crippen LogP contribution >= 0.6 is 15.9 Å². The highest BCUT2D eigenvalue weighted by Gasteiger charge is 2.15. The third kappa shape index (κ3) is 2.86. The molecule has 0 aliphatic rings. The van der Waals surface area contributed by atoms with Gasteiger partial charge in [-0.1, -0.05) is 52.3 Å². The summed E-state index contributed by atoms with van der Waals surface area (Å²) in [4.78, 5) is 9.16. The van der Waals surface area contributed by atoms with Crippen molar-refractivity contribution in [3.8, 4) is 28.6 Å². The number of nitrogens with zero attached hydrogens (tertiary/aromatic N) is 4. The summed E-state index contributed by atoms with van der Waals surface area (Å²) in [6.07, 6.45) is 1.76. The van der Waals surface area contributed by atoms with Gasteiger partial charge in [-0.05, 0) is 36.4 Å². The van der Waals surface area contributed by atoms with E-state index in [4.69, 9.17) is 10.1 Å². The Labute approximate surface area is 148 Å². The summed E-state index contributed by atoms with van der Waals surface area (Å²) in [7, 11) is 0. The molecule has 4 nitrogen and oxygen atoms in total. The van der Waals surface area contributed by atoms with Gasteiger partial charge in [-0.15, -0.1) is 5.10 Å². The van der Waals surface area contributed by atoms with Crippen LogP contribution in [-0.2, 0) is 0 Å². The fourth-order valence-corrected chi connectivity index (χ4v) is 2.71. The number of pyridine rings is 1. The van der Waals surface area contributed by atoms with E-state index in [0.29, 0.717) is 5.82 Å². The van der Waals surface area contributed by atoms with Crippen molar-refractivity contribution in [2.24, 2.45) is 0 Å². The number of para-hydroxylation sites is 1. The van der Waals surface area contributed by atoms with Gasteiger partial charge in [0.15, 0.2) is 11.6 Å². The summed E-state index contributed by atoms with van der Waals surface area (Å²) in [6, 6.07) is 23.7. The zero-order valence-electron chi connectivity index (χ0n) is 12.7. The maximum Gasteiger partial charge on any atom is 0.182 e. The zero-order chi connectivity index (χ0) is 16.4. The Morgan fingerprint density at radius 2 is 1.54 bits per heavy atom. The van der Waals surface area contributed by atoms with E-state index in [-0.39, 0.29) is 0 Å². The van der Waals surface area contributed by atoms with Gasteiger partial charge < -0.3 is 0 Å². The molecule has 0 spiro atoms. The molecular weight excluding hydrogens is 364 g/mol. The maximum absolute atomic E-state index is 4.73. The number of hydrogen-bond donors (Lipinski definition) is 0. The summed E-state index contributed by atoms with van der Waals surface area (Å²) in [6.45, 7) is 0. The maximum atomic E-state index is 4.73. The van der Waals surface area contributed by atoms with E-state index in [9.17, 15) is 0 Å². The molecule has 0 aliphatic heterocycles. The summed E-state index contributed by atoms with van der Waals surface area (Å²) in [5.41, 5.74) is 2.70. The predicted molar refractivity (Wildman–Crippen MR) is 97.7 cm³/mol. The van der Waals surface area contributed by atoms with Crippen LogP contribution in [0.5, 0.6) is 0 Å². The number of rotatable bonds is 3. The van der Waals surface area contributed by atoms with E-state index >= 15 is 0 Å². The van der Waals surface area contributed by atoms with Gasteiger partial charge in [-0.3, -0.25) is 4.98 Å². The van der Waals surface area contributed by atoms with Crippen LogP contribution in [0.1, 0.15) is 0 Å². The van der Waals surface area contributed by atoms with E-state index in [1.807, 2.05) is 77.5 Å². The first-order valence-electron chi connectivity index (χ1n) is 7.51. The highest BCUT2D eigenvalue weighted by atomic mass is 79.9. The van der Waals surface area contributed by atoms with Crippen molar-refractivity contribution < 1.29 is 0 Å². The van der Waals surface area contributed by atoms with Crippen molar-refractivity contribution in [1.82, 2.24) is 19.7 Å². The first kappa shape index (κ1) is 14.8. The number of hydrogen-bond acceptors (Lipinski definition) is 3. The molecule has 0 bridgehead atoms. The fourth-order valence-electron chi connectivity index (χ4n) is 2.44. The molecule has 0 radical (unpaired) electrons. The number of aromatic nitrogens is 4. The first-order chi connectivity index (χ1) is 11.8. The van der Waals surface area contributed by atoms with Gasteiger partial charge in [0.05, 0.1) is 5.69 Å². The lowest BCUT2D eigenvalue weighted by atomic mass is 10.2. The molecule has 116 valence electrons. The monoisotopic (exact) mass is 376 g/mol. The van der Waals surface area contributed by atoms with Gasteiger partial charge >= 0.3 is 0 Å². The molecule has 4 aromatic rings. The quantitative estimate of drug-likeness (QED) is 0.517. The van der Waals surface area contributed by atoms with Crippen LogP contribution in [0, 0.1) is 0 Å². The van der Waals surface area contributed by atoms with Crippen molar-refractivity contribution >= 4 is 15.9 Å². The van der Waals surface area contributed by atoms with Crippen molar-refractivity contribution in [2.75, 3.05) is 0 Å². The number of halogens is 1. The first-order valence-corrected chi connectivity index (χ1v) is 8.30. The molecule has 4 rings (SSSR count).